The van der Waals surface area contributed by atoms with E-state index in [2.05, 4.69) is 23.7 Å². The van der Waals surface area contributed by atoms with E-state index in [0.29, 0.717) is 13.2 Å². The van der Waals surface area contributed by atoms with E-state index in [0.717, 1.165) is 5.69 Å². The molecule has 18 heavy (non-hydrogen) atoms. The van der Waals surface area contributed by atoms with Gasteiger partial charge in [0.2, 0.25) is 0 Å². The summed E-state index contributed by atoms with van der Waals surface area (Å²) in [7, 11) is 0. The van der Waals surface area contributed by atoms with Crippen molar-refractivity contribution in [3.63, 3.8) is 0 Å². The third kappa shape index (κ3) is 6.28. The summed E-state index contributed by atoms with van der Waals surface area (Å²) in [6.07, 6.45) is 1.56. The van der Waals surface area contributed by atoms with Crippen LogP contribution in [0, 0.1) is 0 Å². The molecule has 4 heteroatoms. The highest BCUT2D eigenvalue weighted by molar-refractivity contribution is 7.98. The van der Waals surface area contributed by atoms with Crippen molar-refractivity contribution >= 4 is 17.4 Å². The van der Waals surface area contributed by atoms with Gasteiger partial charge in [-0.1, -0.05) is 0 Å². The molecule has 1 atom stereocenters. The van der Waals surface area contributed by atoms with Gasteiger partial charge in [-0.3, -0.25) is 0 Å². The molecule has 2 N–H and O–H groups in total. The van der Waals surface area contributed by atoms with Crippen LogP contribution in [-0.4, -0.2) is 36.2 Å². The predicted octanol–water partition coefficient (Wildman–Crippen LogP) is 3.00. The quantitative estimate of drug-likeness (QED) is 0.779. The van der Waals surface area contributed by atoms with E-state index in [9.17, 15) is 5.11 Å². The summed E-state index contributed by atoms with van der Waals surface area (Å²) in [6, 6.07) is 8.16. The van der Waals surface area contributed by atoms with Crippen molar-refractivity contribution in [2.24, 2.45) is 0 Å². The Morgan fingerprint density at radius 3 is 2.39 bits per heavy atom. The van der Waals surface area contributed by atoms with Crippen molar-refractivity contribution < 1.29 is 9.84 Å². The van der Waals surface area contributed by atoms with Gasteiger partial charge in [-0.25, -0.2) is 0 Å². The monoisotopic (exact) mass is 269 g/mol. The number of thioether (sulfide) groups is 1. The zero-order valence-electron chi connectivity index (χ0n) is 11.6. The molecule has 0 spiro atoms. The maximum Gasteiger partial charge on any atom is 0.0945 e. The number of rotatable bonds is 6. The molecule has 0 aromatic heterocycles. The maximum atomic E-state index is 9.78. The van der Waals surface area contributed by atoms with Gasteiger partial charge in [0.25, 0.3) is 0 Å². The van der Waals surface area contributed by atoms with Gasteiger partial charge < -0.3 is 15.2 Å². The van der Waals surface area contributed by atoms with Gasteiger partial charge in [0.05, 0.1) is 18.3 Å². The van der Waals surface area contributed by atoms with Crippen LogP contribution >= 0.6 is 11.8 Å². The average Bonchev–Trinajstić information content (AvgIpc) is 2.33. The molecule has 102 valence electrons. The van der Waals surface area contributed by atoms with Crippen molar-refractivity contribution in [3.8, 4) is 0 Å². The number of anilines is 1. The van der Waals surface area contributed by atoms with E-state index in [1.54, 1.807) is 11.8 Å². The molecule has 0 amide bonds. The highest BCUT2D eigenvalue weighted by Gasteiger charge is 2.13. The standard InChI is InChI=1S/C14H23NO2S/c1-14(2,3)17-10-12(16)9-15-11-5-7-13(18-4)8-6-11/h5-8,12,15-16H,9-10H2,1-4H3. The molecule has 0 saturated carbocycles. The first-order chi connectivity index (χ1) is 8.40. The minimum absolute atomic E-state index is 0.207. The molecule has 1 unspecified atom stereocenters. The number of hydrogen-bond donors (Lipinski definition) is 2. The van der Waals surface area contributed by atoms with Crippen molar-refractivity contribution in [1.29, 1.82) is 0 Å². The first-order valence-corrected chi connectivity index (χ1v) is 7.33. The van der Waals surface area contributed by atoms with Crippen LogP contribution in [0.4, 0.5) is 5.69 Å². The number of aliphatic hydroxyl groups is 1. The molecule has 1 aromatic carbocycles. The molecule has 0 radical (unpaired) electrons. The third-order valence-electron chi connectivity index (χ3n) is 2.34. The van der Waals surface area contributed by atoms with Gasteiger partial charge in [-0.15, -0.1) is 11.8 Å². The molecule has 0 aliphatic rings. The van der Waals surface area contributed by atoms with E-state index in [-0.39, 0.29) is 5.60 Å². The second-order valence-corrected chi connectivity index (χ2v) is 6.07. The van der Waals surface area contributed by atoms with Gasteiger partial charge in [-0.05, 0) is 51.3 Å². The molecule has 0 aliphatic heterocycles. The second-order valence-electron chi connectivity index (χ2n) is 5.19. The maximum absolute atomic E-state index is 9.78. The summed E-state index contributed by atoms with van der Waals surface area (Å²) in [4.78, 5) is 1.23. The summed E-state index contributed by atoms with van der Waals surface area (Å²) in [5.41, 5.74) is 0.809. The van der Waals surface area contributed by atoms with Crippen LogP contribution in [-0.2, 0) is 4.74 Å². The Kier molecular flexibility index (Phi) is 5.99. The van der Waals surface area contributed by atoms with E-state index >= 15 is 0 Å². The summed E-state index contributed by atoms with van der Waals surface area (Å²) < 4.78 is 5.52. The molecule has 1 aromatic rings. The molecule has 0 aliphatic carbocycles. The molecule has 1 rings (SSSR count). The lowest BCUT2D eigenvalue weighted by Crippen LogP contribution is -2.30. The van der Waals surface area contributed by atoms with Crippen LogP contribution in [0.1, 0.15) is 20.8 Å². The van der Waals surface area contributed by atoms with Crippen molar-refractivity contribution in [2.75, 3.05) is 24.7 Å². The first-order valence-electron chi connectivity index (χ1n) is 6.10. The Bertz CT molecular complexity index is 346. The van der Waals surface area contributed by atoms with Crippen LogP contribution in [0.3, 0.4) is 0 Å². The number of hydrogen-bond acceptors (Lipinski definition) is 4. The molecule has 0 bridgehead atoms. The van der Waals surface area contributed by atoms with Crippen molar-refractivity contribution in [3.05, 3.63) is 24.3 Å². The van der Waals surface area contributed by atoms with Crippen LogP contribution in [0.5, 0.6) is 0 Å². The summed E-state index contributed by atoms with van der Waals surface area (Å²) >= 11 is 1.72. The van der Waals surface area contributed by atoms with Crippen molar-refractivity contribution in [2.45, 2.75) is 37.4 Å². The summed E-state index contributed by atoms with van der Waals surface area (Å²) in [5, 5.41) is 13.0. The molecule has 3 nitrogen and oxygen atoms in total. The van der Waals surface area contributed by atoms with Gasteiger partial charge in [0.1, 0.15) is 0 Å². The first kappa shape index (κ1) is 15.3. The molecule has 0 heterocycles. The average molecular weight is 269 g/mol. The van der Waals surface area contributed by atoms with E-state index in [4.69, 9.17) is 4.74 Å². The largest absolute Gasteiger partial charge is 0.389 e. The fraction of sp³-hybridized carbons (Fsp3) is 0.571. The molecule has 0 saturated heterocycles. The Labute approximate surface area is 114 Å². The minimum atomic E-state index is -0.496. The Morgan fingerprint density at radius 2 is 1.89 bits per heavy atom. The fourth-order valence-electron chi connectivity index (χ4n) is 1.35. The normalized spacial score (nSPS) is 13.4. The third-order valence-corrected chi connectivity index (χ3v) is 3.08. The van der Waals surface area contributed by atoms with E-state index in [1.807, 2.05) is 32.9 Å². The van der Waals surface area contributed by atoms with Gasteiger partial charge in [-0.2, -0.15) is 0 Å². The van der Waals surface area contributed by atoms with Crippen LogP contribution < -0.4 is 5.32 Å². The van der Waals surface area contributed by atoms with Crippen molar-refractivity contribution in [1.82, 2.24) is 0 Å². The zero-order valence-corrected chi connectivity index (χ0v) is 12.4. The topological polar surface area (TPSA) is 41.5 Å². The highest BCUT2D eigenvalue weighted by atomic mass is 32.2. The molecular formula is C14H23NO2S. The predicted molar refractivity (Wildman–Crippen MR) is 78.4 cm³/mol. The van der Waals surface area contributed by atoms with Gasteiger partial charge in [0, 0.05) is 17.1 Å². The van der Waals surface area contributed by atoms with Crippen LogP contribution in [0.15, 0.2) is 29.2 Å². The summed E-state index contributed by atoms with van der Waals surface area (Å²) in [6.45, 7) is 6.78. The van der Waals surface area contributed by atoms with E-state index in [1.165, 1.54) is 4.90 Å². The van der Waals surface area contributed by atoms with Crippen LogP contribution in [0.2, 0.25) is 0 Å². The Morgan fingerprint density at radius 1 is 1.28 bits per heavy atom. The number of ether oxygens (including phenoxy) is 1. The van der Waals surface area contributed by atoms with Gasteiger partial charge >= 0.3 is 0 Å². The lowest BCUT2D eigenvalue weighted by Gasteiger charge is -2.22. The molecular weight excluding hydrogens is 246 g/mol. The zero-order chi connectivity index (χ0) is 13.6. The number of aliphatic hydroxyl groups excluding tert-OH is 1. The van der Waals surface area contributed by atoms with E-state index < -0.39 is 6.10 Å². The highest BCUT2D eigenvalue weighted by Crippen LogP contribution is 2.17. The smallest absolute Gasteiger partial charge is 0.0945 e. The summed E-state index contributed by atoms with van der Waals surface area (Å²) in [5.74, 6) is 0. The van der Waals surface area contributed by atoms with Crippen LogP contribution in [0.25, 0.3) is 0 Å². The second kappa shape index (κ2) is 7.02. The Hall–Kier alpha value is -0.710. The number of nitrogens with one attached hydrogen (secondary N) is 1. The fourth-order valence-corrected chi connectivity index (χ4v) is 1.76. The SMILES string of the molecule is CSc1ccc(NCC(O)COC(C)(C)C)cc1. The minimum Gasteiger partial charge on any atom is -0.389 e. The Balaban J connectivity index is 2.31. The lowest BCUT2D eigenvalue weighted by molar-refractivity contribution is -0.0449. The lowest BCUT2D eigenvalue weighted by atomic mass is 10.2. The molecule has 0 fully saturated rings. The number of benzene rings is 1. The van der Waals surface area contributed by atoms with Gasteiger partial charge in [0.15, 0.2) is 0 Å².